The Hall–Kier alpha value is -1.40. The molecule has 0 saturated heterocycles. The van der Waals surface area contributed by atoms with Crippen LogP contribution in [-0.4, -0.2) is 33.6 Å². The molecular formula is C8H14N4O2. The van der Waals surface area contributed by atoms with Crippen molar-refractivity contribution < 1.29 is 9.90 Å². The molecule has 0 bridgehead atoms. The minimum atomic E-state index is -0.966. The molecule has 14 heavy (non-hydrogen) atoms. The predicted octanol–water partition coefficient (Wildman–Crippen LogP) is -0.699. The second-order valence-corrected chi connectivity index (χ2v) is 2.97. The van der Waals surface area contributed by atoms with E-state index < -0.39 is 12.0 Å². The molecule has 0 aliphatic rings. The molecule has 5 N–H and O–H groups in total. The van der Waals surface area contributed by atoms with E-state index in [-0.39, 0.29) is 0 Å². The first kappa shape index (κ1) is 10.7. The highest BCUT2D eigenvalue weighted by molar-refractivity contribution is 5.72. The maximum Gasteiger partial charge on any atom is 0.320 e. The van der Waals surface area contributed by atoms with Gasteiger partial charge in [-0.2, -0.15) is 0 Å². The quantitative estimate of drug-likeness (QED) is 0.452. The molecule has 0 aliphatic carbocycles. The second-order valence-electron chi connectivity index (χ2n) is 2.97. The molecule has 0 aliphatic heterocycles. The zero-order valence-electron chi connectivity index (χ0n) is 7.73. The Morgan fingerprint density at radius 1 is 1.79 bits per heavy atom. The van der Waals surface area contributed by atoms with Crippen molar-refractivity contribution in [3.63, 3.8) is 0 Å². The number of nitrogens with one attached hydrogen (secondary N) is 2. The molecule has 1 aromatic heterocycles. The molecule has 1 atom stereocenters. The number of aromatic amines is 1. The van der Waals surface area contributed by atoms with Crippen LogP contribution >= 0.6 is 0 Å². The Kier molecular flexibility index (Phi) is 4.09. The maximum atomic E-state index is 10.4. The topological polar surface area (TPSA) is 104 Å². The minimum Gasteiger partial charge on any atom is -0.480 e. The molecular weight excluding hydrogens is 184 g/mol. The first-order chi connectivity index (χ1) is 6.70. The number of rotatable bonds is 6. The van der Waals surface area contributed by atoms with E-state index in [2.05, 4.69) is 15.3 Å². The van der Waals surface area contributed by atoms with Gasteiger partial charge >= 0.3 is 5.97 Å². The molecule has 1 aromatic rings. The first-order valence-electron chi connectivity index (χ1n) is 4.37. The summed E-state index contributed by atoms with van der Waals surface area (Å²) in [7, 11) is 0. The van der Waals surface area contributed by atoms with Crippen molar-refractivity contribution in [2.45, 2.75) is 19.0 Å². The summed E-state index contributed by atoms with van der Waals surface area (Å²) in [6, 6.07) is -0.790. The molecule has 6 heteroatoms. The van der Waals surface area contributed by atoms with E-state index in [1.54, 1.807) is 12.5 Å². The highest BCUT2D eigenvalue weighted by Crippen LogP contribution is 1.90. The minimum absolute atomic E-state index is 0.416. The van der Waals surface area contributed by atoms with Crippen LogP contribution in [0.25, 0.3) is 0 Å². The Morgan fingerprint density at radius 2 is 2.57 bits per heavy atom. The van der Waals surface area contributed by atoms with E-state index in [1.807, 2.05) is 0 Å². The Bertz CT molecular complexity index is 273. The van der Waals surface area contributed by atoms with Gasteiger partial charge in [0, 0.05) is 12.7 Å². The fourth-order valence-corrected chi connectivity index (χ4v) is 0.985. The monoisotopic (exact) mass is 198 g/mol. The number of carboxylic acid groups (broad SMARTS) is 1. The van der Waals surface area contributed by atoms with Crippen LogP contribution in [0.1, 0.15) is 12.1 Å². The van der Waals surface area contributed by atoms with Gasteiger partial charge in [0.05, 0.1) is 12.0 Å². The smallest absolute Gasteiger partial charge is 0.320 e. The van der Waals surface area contributed by atoms with Crippen molar-refractivity contribution in [3.05, 3.63) is 18.2 Å². The predicted molar refractivity (Wildman–Crippen MR) is 50.5 cm³/mol. The summed E-state index contributed by atoms with van der Waals surface area (Å²) in [5, 5.41) is 11.5. The summed E-state index contributed by atoms with van der Waals surface area (Å²) in [4.78, 5) is 17.2. The highest BCUT2D eigenvalue weighted by Gasteiger charge is 2.09. The Labute approximate surface area is 81.5 Å². The SMILES string of the molecule is NC(CCNCc1c[nH]cn1)C(=O)O. The summed E-state index contributed by atoms with van der Waals surface area (Å²) in [5.41, 5.74) is 6.21. The van der Waals surface area contributed by atoms with Crippen LogP contribution < -0.4 is 11.1 Å². The van der Waals surface area contributed by atoms with Crippen molar-refractivity contribution in [1.82, 2.24) is 15.3 Å². The second kappa shape index (κ2) is 5.36. The molecule has 0 radical (unpaired) electrons. The zero-order valence-corrected chi connectivity index (χ0v) is 7.73. The number of carboxylic acids is 1. The number of hydrogen-bond acceptors (Lipinski definition) is 4. The number of aliphatic carboxylic acids is 1. The molecule has 1 rings (SSSR count). The van der Waals surface area contributed by atoms with Crippen LogP contribution in [0.2, 0.25) is 0 Å². The fourth-order valence-electron chi connectivity index (χ4n) is 0.985. The number of hydrogen-bond donors (Lipinski definition) is 4. The lowest BCUT2D eigenvalue weighted by Crippen LogP contribution is -2.33. The Balaban J connectivity index is 2.08. The van der Waals surface area contributed by atoms with E-state index in [4.69, 9.17) is 10.8 Å². The lowest BCUT2D eigenvalue weighted by atomic mass is 10.2. The zero-order chi connectivity index (χ0) is 10.4. The lowest BCUT2D eigenvalue weighted by molar-refractivity contribution is -0.138. The standard InChI is InChI=1S/C8H14N4O2/c9-7(8(13)14)1-2-10-3-6-4-11-5-12-6/h4-5,7,10H,1-3,9H2,(H,11,12)(H,13,14). The molecule has 6 nitrogen and oxygen atoms in total. The fraction of sp³-hybridized carbons (Fsp3) is 0.500. The maximum absolute atomic E-state index is 10.4. The number of aromatic nitrogens is 2. The van der Waals surface area contributed by atoms with E-state index in [0.29, 0.717) is 19.5 Å². The van der Waals surface area contributed by atoms with Crippen molar-refractivity contribution in [2.24, 2.45) is 5.73 Å². The third-order valence-electron chi connectivity index (χ3n) is 1.81. The summed E-state index contributed by atoms with van der Waals surface area (Å²) in [6.07, 6.45) is 3.80. The van der Waals surface area contributed by atoms with Gasteiger partial charge in [0.1, 0.15) is 6.04 Å². The molecule has 1 unspecified atom stereocenters. The number of H-pyrrole nitrogens is 1. The summed E-state index contributed by atoms with van der Waals surface area (Å²) < 4.78 is 0. The van der Waals surface area contributed by atoms with Crippen molar-refractivity contribution in [3.8, 4) is 0 Å². The van der Waals surface area contributed by atoms with Crippen LogP contribution in [0.15, 0.2) is 12.5 Å². The lowest BCUT2D eigenvalue weighted by Gasteiger charge is -2.06. The van der Waals surface area contributed by atoms with E-state index in [9.17, 15) is 4.79 Å². The van der Waals surface area contributed by atoms with Gasteiger partial charge in [0.15, 0.2) is 0 Å². The van der Waals surface area contributed by atoms with E-state index in [0.717, 1.165) is 5.69 Å². The third kappa shape index (κ3) is 3.55. The molecule has 0 saturated carbocycles. The van der Waals surface area contributed by atoms with Gasteiger partial charge in [-0.3, -0.25) is 4.79 Å². The number of imidazole rings is 1. The average molecular weight is 198 g/mol. The van der Waals surface area contributed by atoms with Crippen molar-refractivity contribution >= 4 is 5.97 Å². The van der Waals surface area contributed by atoms with Crippen molar-refractivity contribution in [1.29, 1.82) is 0 Å². The molecule has 0 aromatic carbocycles. The molecule has 0 fully saturated rings. The normalized spacial score (nSPS) is 12.6. The molecule has 0 spiro atoms. The third-order valence-corrected chi connectivity index (χ3v) is 1.81. The summed E-state index contributed by atoms with van der Waals surface area (Å²) >= 11 is 0. The van der Waals surface area contributed by atoms with Crippen LogP contribution in [0, 0.1) is 0 Å². The highest BCUT2D eigenvalue weighted by atomic mass is 16.4. The number of nitrogens with two attached hydrogens (primary N) is 1. The van der Waals surface area contributed by atoms with Gasteiger partial charge in [-0.05, 0) is 13.0 Å². The van der Waals surface area contributed by atoms with Gasteiger partial charge in [0.25, 0.3) is 0 Å². The van der Waals surface area contributed by atoms with E-state index >= 15 is 0 Å². The van der Waals surface area contributed by atoms with Gasteiger partial charge in [-0.15, -0.1) is 0 Å². The van der Waals surface area contributed by atoms with Crippen molar-refractivity contribution in [2.75, 3.05) is 6.54 Å². The number of carbonyl (C=O) groups is 1. The van der Waals surface area contributed by atoms with Crippen LogP contribution in [-0.2, 0) is 11.3 Å². The number of nitrogens with zero attached hydrogens (tertiary/aromatic N) is 1. The first-order valence-corrected chi connectivity index (χ1v) is 4.37. The van der Waals surface area contributed by atoms with E-state index in [1.165, 1.54) is 0 Å². The van der Waals surface area contributed by atoms with Gasteiger partial charge in [-0.25, -0.2) is 4.98 Å². The van der Waals surface area contributed by atoms with Gasteiger partial charge in [-0.1, -0.05) is 0 Å². The molecule has 78 valence electrons. The van der Waals surface area contributed by atoms with Crippen LogP contribution in [0.3, 0.4) is 0 Å². The van der Waals surface area contributed by atoms with Gasteiger partial charge < -0.3 is 21.1 Å². The van der Waals surface area contributed by atoms with Crippen LogP contribution in [0.5, 0.6) is 0 Å². The molecule has 1 heterocycles. The largest absolute Gasteiger partial charge is 0.480 e. The molecule has 0 amide bonds. The summed E-state index contributed by atoms with van der Waals surface area (Å²) in [5.74, 6) is -0.966. The average Bonchev–Trinajstić information content (AvgIpc) is 2.64. The Morgan fingerprint density at radius 3 is 3.14 bits per heavy atom. The summed E-state index contributed by atoms with van der Waals surface area (Å²) in [6.45, 7) is 1.19. The van der Waals surface area contributed by atoms with Crippen LogP contribution in [0.4, 0.5) is 0 Å². The van der Waals surface area contributed by atoms with Gasteiger partial charge in [0.2, 0.25) is 0 Å².